The molecule has 0 aliphatic rings. The summed E-state index contributed by atoms with van der Waals surface area (Å²) in [6, 6.07) is 5.39. The van der Waals surface area contributed by atoms with Crippen LogP contribution in [-0.2, 0) is 0 Å². The van der Waals surface area contributed by atoms with Crippen molar-refractivity contribution in [3.63, 3.8) is 0 Å². The molecular weight excluding hydrogens is 284 g/mol. The second-order valence-corrected chi connectivity index (χ2v) is 1.86. The number of nitrogens with one attached hydrogen (secondary N) is 1. The van der Waals surface area contributed by atoms with E-state index >= 15 is 0 Å². The van der Waals surface area contributed by atoms with Gasteiger partial charge >= 0.3 is 0 Å². The molecule has 0 aliphatic heterocycles. The second-order valence-electron chi connectivity index (χ2n) is 1.86. The van der Waals surface area contributed by atoms with Gasteiger partial charge in [0.1, 0.15) is 0 Å². The Hall–Kier alpha value is -0.772. The fourth-order valence-corrected chi connectivity index (χ4v) is 0.637. The van der Waals surface area contributed by atoms with Gasteiger partial charge in [0.05, 0.1) is 0 Å². The Morgan fingerprint density at radius 1 is 1.31 bits per heavy atom. The van der Waals surface area contributed by atoms with Crippen LogP contribution >= 0.6 is 0 Å². The molecule has 1 aromatic carbocycles. The van der Waals surface area contributed by atoms with Gasteiger partial charge in [0.2, 0.25) is 0 Å². The summed E-state index contributed by atoms with van der Waals surface area (Å²) in [5.41, 5.74) is 0.146. The Bertz CT molecular complexity index is 272. The first-order valence-corrected chi connectivity index (χ1v) is 2.73. The molecular formula is C7H11NO4Sb-2. The van der Waals surface area contributed by atoms with Gasteiger partial charge < -0.3 is 26.6 Å². The molecule has 0 atom stereocenters. The Kier molecular flexibility index (Phi) is 10.9. The van der Waals surface area contributed by atoms with Crippen LogP contribution in [0.1, 0.15) is 6.99 Å². The summed E-state index contributed by atoms with van der Waals surface area (Å²) in [5.74, 6) is -1.06. The van der Waals surface area contributed by atoms with E-state index in [1.54, 1.807) is 0 Å². The minimum absolute atomic E-state index is 0. The predicted molar refractivity (Wildman–Crippen MR) is 47.8 cm³/mol. The fourth-order valence-electron chi connectivity index (χ4n) is 0.637. The van der Waals surface area contributed by atoms with Crippen molar-refractivity contribution in [2.24, 2.45) is 0 Å². The van der Waals surface area contributed by atoms with Crippen LogP contribution in [0.4, 0.5) is 0 Å². The van der Waals surface area contributed by atoms with Gasteiger partial charge in [-0.05, 0) is 11.5 Å². The van der Waals surface area contributed by atoms with Crippen molar-refractivity contribution in [3.05, 3.63) is 29.8 Å². The maximum atomic E-state index is 10.6. The first kappa shape index (κ1) is 18.1. The molecule has 0 amide bonds. The normalized spacial score (nSPS) is 7.08. The van der Waals surface area contributed by atoms with E-state index in [9.17, 15) is 10.2 Å². The van der Waals surface area contributed by atoms with Crippen molar-refractivity contribution >= 4 is 30.3 Å². The zero-order valence-electron chi connectivity index (χ0n) is 6.57. The van der Waals surface area contributed by atoms with Gasteiger partial charge in [-0.2, -0.15) is 0 Å². The molecule has 0 bridgehead atoms. The minimum atomic E-state index is -0.822. The number of benzene rings is 1. The molecule has 13 heavy (non-hydrogen) atoms. The molecule has 5 nitrogen and oxygen atoms in total. The molecule has 0 heterocycles. The van der Waals surface area contributed by atoms with E-state index in [1.807, 2.05) is 0 Å². The maximum absolute atomic E-state index is 10.6. The molecule has 1 aromatic rings. The van der Waals surface area contributed by atoms with Crippen molar-refractivity contribution < 1.29 is 22.6 Å². The van der Waals surface area contributed by atoms with Crippen molar-refractivity contribution in [1.82, 2.24) is 0 Å². The second kappa shape index (κ2) is 7.86. The van der Waals surface area contributed by atoms with Gasteiger partial charge in [0.15, 0.2) is 0 Å². The van der Waals surface area contributed by atoms with Crippen LogP contribution in [0.5, 0.6) is 5.75 Å². The van der Waals surface area contributed by atoms with E-state index < -0.39 is 5.90 Å². The van der Waals surface area contributed by atoms with E-state index in [0.717, 1.165) is 6.07 Å². The summed E-state index contributed by atoms with van der Waals surface area (Å²) in [4.78, 5) is 0. The SMILES string of the molecule is N=C([O-])c1cccc([O-])c1.O.O.[HH].[Sb]. The van der Waals surface area contributed by atoms with Crippen LogP contribution in [0, 0.1) is 5.41 Å². The predicted octanol–water partition coefficient (Wildman–Crippen LogP) is -2.34. The van der Waals surface area contributed by atoms with Crippen LogP contribution in [0.25, 0.3) is 0 Å². The third-order valence-electron chi connectivity index (χ3n) is 1.10. The van der Waals surface area contributed by atoms with Crippen LogP contribution < -0.4 is 10.2 Å². The molecule has 0 spiro atoms. The van der Waals surface area contributed by atoms with Crippen LogP contribution in [0.3, 0.4) is 0 Å². The van der Waals surface area contributed by atoms with Gasteiger partial charge in [-0.1, -0.05) is 24.3 Å². The average Bonchev–Trinajstić information content (AvgIpc) is 1.88. The van der Waals surface area contributed by atoms with E-state index in [1.165, 1.54) is 18.2 Å². The molecule has 5 N–H and O–H groups in total. The van der Waals surface area contributed by atoms with E-state index in [-0.39, 0.29) is 48.1 Å². The standard InChI is InChI=1S/C7H7NO2.2H2O.Sb.H2/c8-7(10)5-2-1-3-6(9)4-5;;;;/h1-4,9H,(H2,8,10);2*1H2;;1H/p-2. The van der Waals surface area contributed by atoms with Gasteiger partial charge in [0.25, 0.3) is 0 Å². The molecule has 0 unspecified atom stereocenters. The van der Waals surface area contributed by atoms with E-state index in [4.69, 9.17) is 5.41 Å². The van der Waals surface area contributed by atoms with Crippen molar-refractivity contribution in [3.8, 4) is 5.75 Å². The summed E-state index contributed by atoms with van der Waals surface area (Å²) in [6.45, 7) is 0. The summed E-state index contributed by atoms with van der Waals surface area (Å²) in [7, 11) is 0. The van der Waals surface area contributed by atoms with Gasteiger partial charge in [-0.3, -0.25) is 0 Å². The molecule has 0 saturated heterocycles. The van der Waals surface area contributed by atoms with Gasteiger partial charge in [-0.15, -0.1) is 5.75 Å². The third kappa shape index (κ3) is 5.46. The zero-order valence-corrected chi connectivity index (χ0v) is 9.13. The first-order valence-electron chi connectivity index (χ1n) is 2.73. The van der Waals surface area contributed by atoms with Gasteiger partial charge in [-0.25, -0.2) is 0 Å². The van der Waals surface area contributed by atoms with Crippen molar-refractivity contribution in [2.45, 2.75) is 0 Å². The Morgan fingerprint density at radius 2 is 1.85 bits per heavy atom. The van der Waals surface area contributed by atoms with Crippen molar-refractivity contribution in [2.75, 3.05) is 0 Å². The summed E-state index contributed by atoms with van der Waals surface area (Å²) >= 11 is 0. The molecule has 0 saturated carbocycles. The summed E-state index contributed by atoms with van der Waals surface area (Å²) in [5, 5.41) is 27.5. The topological polar surface area (TPSA) is 133 Å². The van der Waals surface area contributed by atoms with E-state index in [2.05, 4.69) is 0 Å². The molecule has 0 aromatic heterocycles. The molecule has 0 fully saturated rings. The molecule has 3 radical (unpaired) electrons. The van der Waals surface area contributed by atoms with E-state index in [0.29, 0.717) is 0 Å². The quantitative estimate of drug-likeness (QED) is 0.353. The number of hydrogen-bond acceptors (Lipinski definition) is 3. The Labute approximate surface area is 94.1 Å². The Balaban J connectivity index is -0.000000125. The van der Waals surface area contributed by atoms with Crippen LogP contribution in [0.2, 0.25) is 0 Å². The Morgan fingerprint density at radius 3 is 2.15 bits per heavy atom. The third-order valence-corrected chi connectivity index (χ3v) is 1.10. The van der Waals surface area contributed by atoms with Crippen molar-refractivity contribution in [1.29, 1.82) is 5.41 Å². The first-order chi connectivity index (χ1) is 4.70. The minimum Gasteiger partial charge on any atom is -0.872 e. The number of hydrogen-bond donors (Lipinski definition) is 1. The maximum Gasteiger partial charge on any atom is 0 e. The zero-order chi connectivity index (χ0) is 7.56. The van der Waals surface area contributed by atoms with Crippen LogP contribution in [0.15, 0.2) is 24.3 Å². The largest absolute Gasteiger partial charge is 0.872 e. The van der Waals surface area contributed by atoms with Gasteiger partial charge in [0, 0.05) is 25.9 Å². The molecule has 6 heteroatoms. The monoisotopic (exact) mass is 294 g/mol. The van der Waals surface area contributed by atoms with Crippen LogP contribution in [-0.4, -0.2) is 41.3 Å². The average molecular weight is 295 g/mol. The number of rotatable bonds is 1. The summed E-state index contributed by atoms with van der Waals surface area (Å²) in [6.07, 6.45) is 0. The molecule has 1 rings (SSSR count). The smallest absolute Gasteiger partial charge is 0 e. The molecule has 0 aliphatic carbocycles. The fraction of sp³-hybridized carbons (Fsp3) is 0. The molecule has 75 valence electrons. The summed E-state index contributed by atoms with van der Waals surface area (Å²) < 4.78 is 0.